The van der Waals surface area contributed by atoms with Crippen molar-refractivity contribution in [3.05, 3.63) is 46.6 Å². The number of likely N-dealkylation sites (tertiary alicyclic amines) is 1. The molecule has 1 aromatic carbocycles. The second-order valence-corrected chi connectivity index (χ2v) is 16.1. The number of nitrogens with zero attached hydrogens (tertiary/aromatic N) is 6. The molecule has 8 rings (SSSR count). The van der Waals surface area contributed by atoms with E-state index < -0.39 is 17.1 Å². The summed E-state index contributed by atoms with van der Waals surface area (Å²) in [5.41, 5.74) is 3.08. The molecule has 2 aliphatic heterocycles. The summed E-state index contributed by atoms with van der Waals surface area (Å²) in [6.07, 6.45) is 5.34. The molecule has 248 valence electrons. The van der Waals surface area contributed by atoms with Crippen LogP contribution in [0, 0.1) is 28.1 Å². The highest BCUT2D eigenvalue weighted by Gasteiger charge is 2.94. The SMILES string of the molecule is CN1CCC[C@H]1COc1nc2c(c(N3CCN(C(=O)OC(C)(C)C)[C@@H](CC#N)C3)n1)CC[C@@]1(Cc3ccccc3[C@]34CC3[C@@]14C)C2=O. The Morgan fingerprint density at radius 1 is 1.15 bits per heavy atom. The summed E-state index contributed by atoms with van der Waals surface area (Å²) in [5.74, 6) is 1.39. The molecular formula is C37H46N6O4. The third kappa shape index (κ3) is 4.37. The number of ketones is 1. The van der Waals surface area contributed by atoms with Gasteiger partial charge in [0, 0.05) is 42.1 Å². The number of ether oxygens (including phenoxy) is 2. The fourth-order valence-electron chi connectivity index (χ4n) is 10.1. The van der Waals surface area contributed by atoms with Crippen molar-refractivity contribution in [2.45, 2.75) is 95.7 Å². The van der Waals surface area contributed by atoms with Crippen LogP contribution in [0.25, 0.3) is 0 Å². The van der Waals surface area contributed by atoms with E-state index in [1.165, 1.54) is 17.5 Å². The summed E-state index contributed by atoms with van der Waals surface area (Å²) in [5, 5.41) is 9.72. The number of carbonyl (C=O) groups is 2. The van der Waals surface area contributed by atoms with Gasteiger partial charge in [-0.05, 0) is 95.3 Å². The Hall–Kier alpha value is -3.71. The molecular weight excluding hydrogens is 592 g/mol. The van der Waals surface area contributed by atoms with E-state index in [1.54, 1.807) is 4.90 Å². The van der Waals surface area contributed by atoms with Gasteiger partial charge in [0.25, 0.3) is 0 Å². The number of rotatable bonds is 5. The summed E-state index contributed by atoms with van der Waals surface area (Å²) in [6.45, 7) is 10.7. The van der Waals surface area contributed by atoms with Crippen molar-refractivity contribution in [2.24, 2.45) is 16.7 Å². The Morgan fingerprint density at radius 2 is 1.96 bits per heavy atom. The first-order valence-corrected chi connectivity index (χ1v) is 17.4. The van der Waals surface area contributed by atoms with Crippen molar-refractivity contribution in [3.63, 3.8) is 0 Å². The van der Waals surface area contributed by atoms with Crippen molar-refractivity contribution in [1.82, 2.24) is 19.8 Å². The van der Waals surface area contributed by atoms with Crippen molar-refractivity contribution < 1.29 is 19.1 Å². The Bertz CT molecular complexity index is 1700. The molecule has 4 fully saturated rings. The molecule has 1 aromatic heterocycles. The third-order valence-electron chi connectivity index (χ3n) is 12.7. The lowest BCUT2D eigenvalue weighted by molar-refractivity contribution is 0.0144. The van der Waals surface area contributed by atoms with Crippen LogP contribution in [0.2, 0.25) is 0 Å². The van der Waals surface area contributed by atoms with Crippen LogP contribution in [0.4, 0.5) is 10.6 Å². The first kappa shape index (κ1) is 30.6. The molecule has 0 radical (unpaired) electrons. The van der Waals surface area contributed by atoms with Gasteiger partial charge in [0.15, 0.2) is 5.78 Å². The van der Waals surface area contributed by atoms with Crippen LogP contribution in [0.15, 0.2) is 24.3 Å². The number of hydrogen-bond donors (Lipinski definition) is 0. The highest BCUT2D eigenvalue weighted by Crippen LogP contribution is 2.94. The molecule has 10 heteroatoms. The monoisotopic (exact) mass is 638 g/mol. The maximum atomic E-state index is 15.1. The molecule has 6 aliphatic rings. The molecule has 10 nitrogen and oxygen atoms in total. The van der Waals surface area contributed by atoms with Crippen LogP contribution >= 0.6 is 0 Å². The second kappa shape index (κ2) is 10.4. The van der Waals surface area contributed by atoms with Gasteiger partial charge in [-0.25, -0.2) is 4.79 Å². The molecule has 2 saturated heterocycles. The fourth-order valence-corrected chi connectivity index (χ4v) is 10.1. The van der Waals surface area contributed by atoms with Gasteiger partial charge in [-0.2, -0.15) is 15.2 Å². The molecule has 0 N–H and O–H groups in total. The van der Waals surface area contributed by atoms with Gasteiger partial charge >= 0.3 is 12.1 Å². The molecule has 1 amide bonds. The largest absolute Gasteiger partial charge is 0.462 e. The lowest BCUT2D eigenvalue weighted by atomic mass is 9.52. The minimum absolute atomic E-state index is 0.0568. The van der Waals surface area contributed by atoms with E-state index >= 15 is 4.79 Å². The van der Waals surface area contributed by atoms with Gasteiger partial charge in [0.1, 0.15) is 23.7 Å². The number of anilines is 1. The van der Waals surface area contributed by atoms with E-state index in [0.717, 1.165) is 37.8 Å². The molecule has 1 unspecified atom stereocenters. The van der Waals surface area contributed by atoms with E-state index in [1.807, 2.05) is 20.8 Å². The van der Waals surface area contributed by atoms with Crippen LogP contribution in [0.5, 0.6) is 6.01 Å². The third-order valence-corrected chi connectivity index (χ3v) is 12.7. The average Bonchev–Trinajstić information content (AvgIpc) is 3.86. The Labute approximate surface area is 277 Å². The first-order chi connectivity index (χ1) is 22.4. The molecule has 2 aromatic rings. The lowest BCUT2D eigenvalue weighted by Crippen LogP contribution is -2.57. The fraction of sp³-hybridized carbons (Fsp3) is 0.649. The zero-order chi connectivity index (χ0) is 32.9. The molecule has 0 bridgehead atoms. The van der Waals surface area contributed by atoms with Crippen LogP contribution in [0.3, 0.4) is 0 Å². The predicted molar refractivity (Wildman–Crippen MR) is 175 cm³/mol. The smallest absolute Gasteiger partial charge is 0.410 e. The average molecular weight is 639 g/mol. The number of carbonyl (C=O) groups excluding carboxylic acids is 2. The van der Waals surface area contributed by atoms with E-state index in [0.29, 0.717) is 50.1 Å². The number of benzene rings is 1. The van der Waals surface area contributed by atoms with Gasteiger partial charge in [0.05, 0.1) is 18.5 Å². The number of piperazine rings is 1. The van der Waals surface area contributed by atoms with Gasteiger partial charge in [-0.15, -0.1) is 0 Å². The minimum Gasteiger partial charge on any atom is -0.462 e. The summed E-state index contributed by atoms with van der Waals surface area (Å²) >= 11 is 0. The van der Waals surface area contributed by atoms with Crippen LogP contribution in [-0.4, -0.2) is 89.2 Å². The summed E-state index contributed by atoms with van der Waals surface area (Å²) in [4.78, 5) is 44.3. The number of amides is 1. The molecule has 2 spiro atoms. The first-order valence-electron chi connectivity index (χ1n) is 17.4. The van der Waals surface area contributed by atoms with E-state index in [2.05, 4.69) is 54.1 Å². The molecule has 47 heavy (non-hydrogen) atoms. The van der Waals surface area contributed by atoms with Crippen LogP contribution < -0.4 is 9.64 Å². The van der Waals surface area contributed by atoms with Crippen molar-refractivity contribution in [3.8, 4) is 12.1 Å². The summed E-state index contributed by atoms with van der Waals surface area (Å²) < 4.78 is 12.0. The molecule has 3 heterocycles. The van der Waals surface area contributed by atoms with Gasteiger partial charge < -0.3 is 24.2 Å². The van der Waals surface area contributed by atoms with E-state index in [9.17, 15) is 10.1 Å². The van der Waals surface area contributed by atoms with Gasteiger partial charge in [-0.3, -0.25) is 4.79 Å². The topological polar surface area (TPSA) is 112 Å². The van der Waals surface area contributed by atoms with Crippen LogP contribution in [-0.2, 0) is 23.0 Å². The number of likely N-dealkylation sites (N-methyl/N-ethyl adjacent to an activating group) is 1. The zero-order valence-electron chi connectivity index (χ0n) is 28.3. The quantitative estimate of drug-likeness (QED) is 0.450. The van der Waals surface area contributed by atoms with Gasteiger partial charge in [-0.1, -0.05) is 31.2 Å². The highest BCUT2D eigenvalue weighted by atomic mass is 16.6. The summed E-state index contributed by atoms with van der Waals surface area (Å²) in [7, 11) is 2.12. The maximum Gasteiger partial charge on any atom is 0.410 e. The number of hydrogen-bond acceptors (Lipinski definition) is 9. The van der Waals surface area contributed by atoms with Crippen molar-refractivity contribution in [2.75, 3.05) is 44.7 Å². The Balaban J connectivity index is 1.15. The van der Waals surface area contributed by atoms with Crippen LogP contribution in [0.1, 0.15) is 87.0 Å². The van der Waals surface area contributed by atoms with E-state index in [4.69, 9.17) is 19.4 Å². The minimum atomic E-state index is -0.635. The molecule has 2 saturated carbocycles. The van der Waals surface area contributed by atoms with Crippen molar-refractivity contribution >= 4 is 17.7 Å². The number of nitriles is 1. The maximum absolute atomic E-state index is 15.1. The molecule has 4 aliphatic carbocycles. The van der Waals surface area contributed by atoms with Gasteiger partial charge in [0.2, 0.25) is 0 Å². The number of fused-ring (bicyclic) bond motifs is 4. The number of Topliss-reactive ketones (excluding diaryl/α,β-unsaturated/α-hetero) is 1. The standard InChI is InChI=1S/C37H46N6O4/c1-34(2,3)47-33(45)43-18-17-42(21-24(43)13-15-38)31-26-12-14-36(19-23-9-6-7-11-27(23)37-20-28(37)35(36,37)4)30(44)29(26)39-32(40-31)46-22-25-10-8-16-41(25)5/h6-7,9,11,24-25,28H,8,10,12-14,16-22H2,1-5H3/t24-,25-,28?,35-,36+,37+/m0/s1. The van der Waals surface area contributed by atoms with Crippen molar-refractivity contribution in [1.29, 1.82) is 5.26 Å². The second-order valence-electron chi connectivity index (χ2n) is 16.1. The summed E-state index contributed by atoms with van der Waals surface area (Å²) in [6, 6.07) is 11.2. The lowest BCUT2D eigenvalue weighted by Gasteiger charge is -2.50. The predicted octanol–water partition coefficient (Wildman–Crippen LogP) is 4.94. The highest BCUT2D eigenvalue weighted by molar-refractivity contribution is 6.04. The zero-order valence-corrected chi connectivity index (χ0v) is 28.3. The Morgan fingerprint density at radius 3 is 2.68 bits per heavy atom. The number of aromatic nitrogens is 2. The Kier molecular flexibility index (Phi) is 6.77. The normalized spacial score (nSPS) is 33.8. The van der Waals surface area contributed by atoms with E-state index in [-0.39, 0.29) is 41.1 Å². The molecule has 6 atom stereocenters.